The Labute approximate surface area is 125 Å². The molecule has 1 aromatic carbocycles. The molecule has 0 amide bonds. The minimum absolute atomic E-state index is 0.307. The molecular weight excluding hydrogens is 266 g/mol. The molecule has 1 heterocycles. The van der Waals surface area contributed by atoms with E-state index in [-0.39, 0.29) is 0 Å². The van der Waals surface area contributed by atoms with Crippen LogP contribution >= 0.6 is 11.3 Å². The van der Waals surface area contributed by atoms with Crippen LogP contribution in [0.4, 0.5) is 0 Å². The smallest absolute Gasteiger partial charge is 0.122 e. The summed E-state index contributed by atoms with van der Waals surface area (Å²) in [7, 11) is 1.73. The molecule has 0 saturated heterocycles. The van der Waals surface area contributed by atoms with Crippen LogP contribution in [0.3, 0.4) is 0 Å². The van der Waals surface area contributed by atoms with Crippen LogP contribution < -0.4 is 10.5 Å². The van der Waals surface area contributed by atoms with Crippen LogP contribution in [-0.2, 0) is 6.42 Å². The lowest BCUT2D eigenvalue weighted by Gasteiger charge is -2.20. The first-order valence-electron chi connectivity index (χ1n) is 6.95. The molecule has 0 fully saturated rings. The van der Waals surface area contributed by atoms with Crippen molar-refractivity contribution in [3.8, 4) is 5.75 Å². The maximum atomic E-state index is 6.03. The van der Waals surface area contributed by atoms with Crippen molar-refractivity contribution < 1.29 is 4.74 Å². The second-order valence-corrected chi connectivity index (χ2v) is 6.34. The fourth-order valence-electron chi connectivity index (χ4n) is 2.47. The largest absolute Gasteiger partial charge is 0.496 e. The number of hydrogen-bond donors (Lipinski definition) is 1. The second kappa shape index (κ2) is 6.42. The zero-order chi connectivity index (χ0) is 14.7. The van der Waals surface area contributed by atoms with Gasteiger partial charge in [-0.1, -0.05) is 6.07 Å². The predicted octanol–water partition coefficient (Wildman–Crippen LogP) is 3.97. The molecule has 0 bridgehead atoms. The topological polar surface area (TPSA) is 35.2 Å². The number of benzene rings is 1. The van der Waals surface area contributed by atoms with Crippen molar-refractivity contribution in [3.05, 3.63) is 50.7 Å². The van der Waals surface area contributed by atoms with Crippen LogP contribution in [0.5, 0.6) is 5.75 Å². The van der Waals surface area contributed by atoms with Crippen LogP contribution in [0.1, 0.15) is 33.0 Å². The average Bonchev–Trinajstić information content (AvgIpc) is 2.84. The van der Waals surface area contributed by atoms with Crippen LogP contribution in [0.15, 0.2) is 23.6 Å². The summed E-state index contributed by atoms with van der Waals surface area (Å²) in [6.07, 6.45) is 0.985. The van der Waals surface area contributed by atoms with Crippen LogP contribution in [0.25, 0.3) is 0 Å². The fourth-order valence-corrected chi connectivity index (χ4v) is 3.45. The number of nitrogens with two attached hydrogens (primary N) is 1. The normalized spacial score (nSPS) is 12.4. The van der Waals surface area contributed by atoms with E-state index in [2.05, 4.69) is 44.4 Å². The van der Waals surface area contributed by atoms with Gasteiger partial charge in [-0.15, -0.1) is 11.3 Å². The van der Waals surface area contributed by atoms with Gasteiger partial charge in [0.2, 0.25) is 0 Å². The Bertz CT molecular complexity index is 589. The highest BCUT2D eigenvalue weighted by Crippen LogP contribution is 2.33. The van der Waals surface area contributed by atoms with Gasteiger partial charge in [-0.05, 0) is 73.5 Å². The molecule has 1 unspecified atom stereocenters. The number of methoxy groups -OCH3 is 1. The summed E-state index contributed by atoms with van der Waals surface area (Å²) in [5, 5.41) is 2.15. The van der Waals surface area contributed by atoms with Gasteiger partial charge in [0.15, 0.2) is 0 Å². The summed E-state index contributed by atoms with van der Waals surface area (Å²) >= 11 is 1.81. The molecular formula is C17H23NOS. The predicted molar refractivity (Wildman–Crippen MR) is 87.0 cm³/mol. The summed E-state index contributed by atoms with van der Waals surface area (Å²) in [5.74, 6) is 1.26. The van der Waals surface area contributed by atoms with E-state index in [0.717, 1.165) is 12.2 Å². The zero-order valence-electron chi connectivity index (χ0n) is 12.7. The molecule has 0 aliphatic heterocycles. The zero-order valence-corrected chi connectivity index (χ0v) is 13.5. The molecule has 0 aliphatic rings. The Morgan fingerprint density at radius 2 is 1.85 bits per heavy atom. The van der Waals surface area contributed by atoms with Crippen LogP contribution in [0.2, 0.25) is 0 Å². The number of aryl methyl sites for hydroxylation is 3. The van der Waals surface area contributed by atoms with E-state index in [1.54, 1.807) is 7.11 Å². The third-order valence-corrected chi connectivity index (χ3v) is 5.02. The standard InChI is InChI=1S/C17H23NOS/c1-11-5-6-20-17(11)9-14(10-18)15-7-12(2)13(3)8-16(15)19-4/h5-8,14H,9-10,18H2,1-4H3. The van der Waals surface area contributed by atoms with Gasteiger partial charge in [0, 0.05) is 10.8 Å². The van der Waals surface area contributed by atoms with E-state index in [1.807, 2.05) is 11.3 Å². The number of ether oxygens (including phenoxy) is 1. The summed E-state index contributed by atoms with van der Waals surface area (Å²) in [5.41, 5.74) is 11.2. The van der Waals surface area contributed by atoms with E-state index >= 15 is 0 Å². The Kier molecular flexibility index (Phi) is 4.84. The first-order chi connectivity index (χ1) is 9.56. The SMILES string of the molecule is COc1cc(C)c(C)cc1C(CN)Cc1sccc1C. The third-order valence-electron chi connectivity index (χ3n) is 3.97. The van der Waals surface area contributed by atoms with Gasteiger partial charge in [0.25, 0.3) is 0 Å². The van der Waals surface area contributed by atoms with Gasteiger partial charge in [-0.3, -0.25) is 0 Å². The molecule has 0 saturated carbocycles. The lowest BCUT2D eigenvalue weighted by atomic mass is 9.91. The van der Waals surface area contributed by atoms with Crippen LogP contribution in [0, 0.1) is 20.8 Å². The lowest BCUT2D eigenvalue weighted by Crippen LogP contribution is -2.16. The van der Waals surface area contributed by atoms with Crippen molar-refractivity contribution in [2.45, 2.75) is 33.1 Å². The number of thiophene rings is 1. The first kappa shape index (κ1) is 15.1. The maximum absolute atomic E-state index is 6.03. The molecule has 3 heteroatoms. The molecule has 0 radical (unpaired) electrons. The van der Waals surface area contributed by atoms with Gasteiger partial charge in [-0.2, -0.15) is 0 Å². The minimum atomic E-state index is 0.307. The van der Waals surface area contributed by atoms with E-state index in [0.29, 0.717) is 12.5 Å². The maximum Gasteiger partial charge on any atom is 0.122 e. The average molecular weight is 289 g/mol. The van der Waals surface area contributed by atoms with Gasteiger partial charge in [0.1, 0.15) is 5.75 Å². The van der Waals surface area contributed by atoms with Gasteiger partial charge >= 0.3 is 0 Å². The van der Waals surface area contributed by atoms with Crippen molar-refractivity contribution in [2.24, 2.45) is 5.73 Å². The molecule has 2 N–H and O–H groups in total. The van der Waals surface area contributed by atoms with Gasteiger partial charge in [0.05, 0.1) is 7.11 Å². The van der Waals surface area contributed by atoms with E-state index in [1.165, 1.54) is 27.1 Å². The monoisotopic (exact) mass is 289 g/mol. The third kappa shape index (κ3) is 3.05. The molecule has 2 rings (SSSR count). The minimum Gasteiger partial charge on any atom is -0.496 e. The summed E-state index contributed by atoms with van der Waals surface area (Å²) in [4.78, 5) is 1.42. The van der Waals surface area contributed by atoms with Gasteiger partial charge < -0.3 is 10.5 Å². The molecule has 1 atom stereocenters. The molecule has 0 spiro atoms. The van der Waals surface area contributed by atoms with Crippen molar-refractivity contribution in [2.75, 3.05) is 13.7 Å². The highest BCUT2D eigenvalue weighted by Gasteiger charge is 2.18. The quantitative estimate of drug-likeness (QED) is 0.904. The Morgan fingerprint density at radius 1 is 1.15 bits per heavy atom. The Balaban J connectivity index is 2.36. The number of hydrogen-bond acceptors (Lipinski definition) is 3. The van der Waals surface area contributed by atoms with Crippen molar-refractivity contribution in [1.82, 2.24) is 0 Å². The van der Waals surface area contributed by atoms with Crippen molar-refractivity contribution in [3.63, 3.8) is 0 Å². The summed E-state index contributed by atoms with van der Waals surface area (Å²) in [6.45, 7) is 7.05. The molecule has 0 aliphatic carbocycles. The first-order valence-corrected chi connectivity index (χ1v) is 7.83. The highest BCUT2D eigenvalue weighted by atomic mass is 32.1. The van der Waals surface area contributed by atoms with E-state index in [4.69, 9.17) is 10.5 Å². The molecule has 20 heavy (non-hydrogen) atoms. The molecule has 2 aromatic rings. The van der Waals surface area contributed by atoms with Crippen molar-refractivity contribution in [1.29, 1.82) is 0 Å². The van der Waals surface area contributed by atoms with E-state index < -0.39 is 0 Å². The van der Waals surface area contributed by atoms with E-state index in [9.17, 15) is 0 Å². The highest BCUT2D eigenvalue weighted by molar-refractivity contribution is 7.10. The van der Waals surface area contributed by atoms with Crippen LogP contribution in [-0.4, -0.2) is 13.7 Å². The fraction of sp³-hybridized carbons (Fsp3) is 0.412. The molecule has 108 valence electrons. The summed E-state index contributed by atoms with van der Waals surface area (Å²) < 4.78 is 5.56. The van der Waals surface area contributed by atoms with Gasteiger partial charge in [-0.25, -0.2) is 0 Å². The Morgan fingerprint density at radius 3 is 2.40 bits per heavy atom. The van der Waals surface area contributed by atoms with Crippen molar-refractivity contribution >= 4 is 11.3 Å². The molecule has 1 aromatic heterocycles. The Hall–Kier alpha value is -1.32. The molecule has 2 nitrogen and oxygen atoms in total. The second-order valence-electron chi connectivity index (χ2n) is 5.34. The number of rotatable bonds is 5. The summed E-state index contributed by atoms with van der Waals surface area (Å²) in [6, 6.07) is 6.52. The lowest BCUT2D eigenvalue weighted by molar-refractivity contribution is 0.405.